The summed E-state index contributed by atoms with van der Waals surface area (Å²) in [5.41, 5.74) is 3.58. The van der Waals surface area contributed by atoms with Crippen LogP contribution in [0.25, 0.3) is 0 Å². The molecule has 188 valence electrons. The summed E-state index contributed by atoms with van der Waals surface area (Å²) in [6.45, 7) is 11.1. The maximum absolute atomic E-state index is 13.7. The van der Waals surface area contributed by atoms with Crippen molar-refractivity contribution in [2.45, 2.75) is 38.6 Å². The van der Waals surface area contributed by atoms with E-state index < -0.39 is 0 Å². The second-order valence-corrected chi connectivity index (χ2v) is 11.1. The number of hydrogen-bond donors (Lipinski definition) is 0. The van der Waals surface area contributed by atoms with E-state index in [0.29, 0.717) is 12.3 Å². The van der Waals surface area contributed by atoms with Crippen molar-refractivity contribution in [2.24, 2.45) is 0 Å². The fourth-order valence-electron chi connectivity index (χ4n) is 4.53. The second-order valence-electron chi connectivity index (χ2n) is 10.1. The maximum atomic E-state index is 13.7. The first-order chi connectivity index (χ1) is 17.3. The molecule has 1 aromatic heterocycles. The number of carbonyl (C=O) groups is 2. The molecule has 3 aromatic rings. The maximum Gasteiger partial charge on any atom is 0.261 e. The SMILES string of the molecule is C=CCN(CC(=O)N1CCc2sccc2C1c1ccc(C(C)(C)C)cc1)C(=O)COc1ccccc1. The largest absolute Gasteiger partial charge is 0.484 e. The third-order valence-electron chi connectivity index (χ3n) is 6.51. The molecule has 2 heterocycles. The van der Waals surface area contributed by atoms with Gasteiger partial charge in [-0.1, -0.05) is 69.3 Å². The quantitative estimate of drug-likeness (QED) is 0.376. The van der Waals surface area contributed by atoms with Gasteiger partial charge >= 0.3 is 0 Å². The van der Waals surface area contributed by atoms with Crippen LogP contribution in [-0.2, 0) is 21.4 Å². The Morgan fingerprint density at radius 3 is 2.50 bits per heavy atom. The fourth-order valence-corrected chi connectivity index (χ4v) is 5.43. The van der Waals surface area contributed by atoms with Gasteiger partial charge < -0.3 is 14.5 Å². The number of hydrogen-bond acceptors (Lipinski definition) is 4. The summed E-state index contributed by atoms with van der Waals surface area (Å²) >= 11 is 1.74. The summed E-state index contributed by atoms with van der Waals surface area (Å²) in [4.78, 5) is 31.4. The molecule has 0 saturated heterocycles. The Labute approximate surface area is 218 Å². The van der Waals surface area contributed by atoms with Gasteiger partial charge in [-0.2, -0.15) is 0 Å². The summed E-state index contributed by atoms with van der Waals surface area (Å²) in [7, 11) is 0. The summed E-state index contributed by atoms with van der Waals surface area (Å²) < 4.78 is 5.64. The molecule has 36 heavy (non-hydrogen) atoms. The lowest BCUT2D eigenvalue weighted by atomic mass is 9.85. The van der Waals surface area contributed by atoms with E-state index >= 15 is 0 Å². The number of rotatable bonds is 8. The molecule has 4 rings (SSSR count). The van der Waals surface area contributed by atoms with Crippen LogP contribution >= 0.6 is 11.3 Å². The van der Waals surface area contributed by atoms with Gasteiger partial charge in [0.1, 0.15) is 12.3 Å². The van der Waals surface area contributed by atoms with Gasteiger partial charge in [-0.3, -0.25) is 9.59 Å². The number of thiophene rings is 1. The highest BCUT2D eigenvalue weighted by atomic mass is 32.1. The van der Waals surface area contributed by atoms with Gasteiger partial charge in [-0.05, 0) is 52.1 Å². The average molecular weight is 503 g/mol. The number of benzene rings is 2. The summed E-state index contributed by atoms with van der Waals surface area (Å²) in [5.74, 6) is 0.300. The zero-order valence-electron chi connectivity index (χ0n) is 21.3. The van der Waals surface area contributed by atoms with Crippen LogP contribution < -0.4 is 4.74 Å². The Balaban J connectivity index is 1.53. The topological polar surface area (TPSA) is 49.9 Å². The molecule has 6 heteroatoms. The minimum absolute atomic E-state index is 0.0148. The predicted octanol–water partition coefficient (Wildman–Crippen LogP) is 5.61. The molecule has 0 radical (unpaired) electrons. The van der Waals surface area contributed by atoms with E-state index in [0.717, 1.165) is 12.0 Å². The highest BCUT2D eigenvalue weighted by Gasteiger charge is 2.34. The van der Waals surface area contributed by atoms with E-state index in [2.05, 4.69) is 63.1 Å². The van der Waals surface area contributed by atoms with Crippen LogP contribution in [0.5, 0.6) is 5.75 Å². The molecule has 0 saturated carbocycles. The lowest BCUT2D eigenvalue weighted by molar-refractivity contribution is -0.142. The third-order valence-corrected chi connectivity index (χ3v) is 7.51. The van der Waals surface area contributed by atoms with Gasteiger partial charge in [0.05, 0.1) is 6.04 Å². The van der Waals surface area contributed by atoms with Crippen molar-refractivity contribution in [3.05, 3.63) is 100 Å². The molecule has 1 unspecified atom stereocenters. The van der Waals surface area contributed by atoms with Crippen LogP contribution in [0.2, 0.25) is 0 Å². The van der Waals surface area contributed by atoms with Gasteiger partial charge in [0, 0.05) is 18.0 Å². The Kier molecular flexibility index (Phi) is 7.94. The van der Waals surface area contributed by atoms with Crippen LogP contribution in [0.3, 0.4) is 0 Å². The molecule has 0 N–H and O–H groups in total. The lowest BCUT2D eigenvalue weighted by Gasteiger charge is -2.37. The standard InChI is InChI=1S/C30H34N2O3S/c1-5-17-31(28(34)21-35-24-9-7-6-8-10-24)20-27(33)32-18-15-26-25(16-19-36-26)29(32)22-11-13-23(14-12-22)30(2,3)4/h5-14,16,19,29H,1,15,17-18,20-21H2,2-4H3. The Morgan fingerprint density at radius 1 is 1.11 bits per heavy atom. The number of ether oxygens (including phenoxy) is 1. The normalized spacial score (nSPS) is 15.2. The van der Waals surface area contributed by atoms with Crippen molar-refractivity contribution in [3.63, 3.8) is 0 Å². The van der Waals surface area contributed by atoms with E-state index in [1.165, 1.54) is 20.9 Å². The molecule has 0 spiro atoms. The minimum atomic E-state index is -0.244. The Bertz CT molecular complexity index is 1190. The molecule has 1 aliphatic rings. The molecule has 1 atom stereocenters. The monoisotopic (exact) mass is 502 g/mol. The molecule has 2 amide bonds. The number of amides is 2. The number of carbonyl (C=O) groups excluding carboxylic acids is 2. The van der Waals surface area contributed by atoms with Gasteiger partial charge in [0.2, 0.25) is 5.91 Å². The smallest absolute Gasteiger partial charge is 0.261 e. The van der Waals surface area contributed by atoms with Crippen molar-refractivity contribution in [3.8, 4) is 5.75 Å². The van der Waals surface area contributed by atoms with Crippen molar-refractivity contribution in [1.29, 1.82) is 0 Å². The highest BCUT2D eigenvalue weighted by Crippen LogP contribution is 2.38. The van der Waals surface area contributed by atoms with Crippen LogP contribution in [0.15, 0.2) is 78.7 Å². The van der Waals surface area contributed by atoms with Crippen molar-refractivity contribution in [2.75, 3.05) is 26.2 Å². The van der Waals surface area contributed by atoms with E-state index in [4.69, 9.17) is 4.74 Å². The number of fused-ring (bicyclic) bond motifs is 1. The molecule has 2 aromatic carbocycles. The first kappa shape index (κ1) is 25.7. The number of nitrogens with zero attached hydrogens (tertiary/aromatic N) is 2. The van der Waals surface area contributed by atoms with Gasteiger partial charge in [0.25, 0.3) is 5.91 Å². The first-order valence-electron chi connectivity index (χ1n) is 12.3. The Hall–Kier alpha value is -3.38. The molecular formula is C30H34N2O3S. The predicted molar refractivity (Wildman–Crippen MR) is 145 cm³/mol. The average Bonchev–Trinajstić information content (AvgIpc) is 3.35. The van der Waals surface area contributed by atoms with Gasteiger partial charge in [0.15, 0.2) is 6.61 Å². The van der Waals surface area contributed by atoms with E-state index in [1.54, 1.807) is 29.5 Å². The molecule has 1 aliphatic heterocycles. The van der Waals surface area contributed by atoms with Crippen molar-refractivity contribution >= 4 is 23.2 Å². The molecule has 0 fully saturated rings. The summed E-state index contributed by atoms with van der Waals surface area (Å²) in [6, 6.07) is 19.8. The van der Waals surface area contributed by atoms with Crippen LogP contribution in [0, 0.1) is 0 Å². The van der Waals surface area contributed by atoms with Crippen LogP contribution in [-0.4, -0.2) is 47.9 Å². The highest BCUT2D eigenvalue weighted by molar-refractivity contribution is 7.10. The van der Waals surface area contributed by atoms with Gasteiger partial charge in [-0.15, -0.1) is 17.9 Å². The molecular weight excluding hydrogens is 468 g/mol. The summed E-state index contributed by atoms with van der Waals surface area (Å²) in [5, 5.41) is 2.10. The van der Waals surface area contributed by atoms with E-state index in [9.17, 15) is 9.59 Å². The fraction of sp³-hybridized carbons (Fsp3) is 0.333. The van der Waals surface area contributed by atoms with Crippen molar-refractivity contribution in [1.82, 2.24) is 9.80 Å². The number of para-hydroxylation sites is 1. The molecule has 5 nitrogen and oxygen atoms in total. The van der Waals surface area contributed by atoms with E-state index in [-0.39, 0.29) is 43.0 Å². The minimum Gasteiger partial charge on any atom is -0.484 e. The molecule has 0 aliphatic carbocycles. The zero-order chi connectivity index (χ0) is 25.7. The first-order valence-corrected chi connectivity index (χ1v) is 13.2. The summed E-state index contributed by atoms with van der Waals surface area (Å²) in [6.07, 6.45) is 2.46. The van der Waals surface area contributed by atoms with E-state index in [1.807, 2.05) is 23.1 Å². The molecule has 0 bridgehead atoms. The Morgan fingerprint density at radius 2 is 1.83 bits per heavy atom. The second kappa shape index (κ2) is 11.1. The zero-order valence-corrected chi connectivity index (χ0v) is 22.1. The van der Waals surface area contributed by atoms with Gasteiger partial charge in [-0.25, -0.2) is 0 Å². The third kappa shape index (κ3) is 5.88. The lowest BCUT2D eigenvalue weighted by Crippen LogP contribution is -2.47. The van der Waals surface area contributed by atoms with Crippen LogP contribution in [0.4, 0.5) is 0 Å². The van der Waals surface area contributed by atoms with Crippen LogP contribution in [0.1, 0.15) is 48.4 Å². The van der Waals surface area contributed by atoms with Crippen molar-refractivity contribution < 1.29 is 14.3 Å².